The average molecular weight is 204 g/mol. The highest BCUT2D eigenvalue weighted by Crippen LogP contribution is 2.46. The quantitative estimate of drug-likeness (QED) is 0.343. The van der Waals surface area contributed by atoms with Crippen molar-refractivity contribution in [1.82, 2.24) is 0 Å². The van der Waals surface area contributed by atoms with Gasteiger partial charge >= 0.3 is 7.60 Å². The Bertz CT molecular complexity index is 208. The molecule has 0 unspecified atom stereocenters. The van der Waals surface area contributed by atoms with E-state index < -0.39 is 7.60 Å². The van der Waals surface area contributed by atoms with Crippen molar-refractivity contribution >= 4 is 13.9 Å². The molecule has 0 atom stereocenters. The number of aldehydes is 1. The molecule has 4 nitrogen and oxygen atoms in total. The molecule has 0 aromatic carbocycles. The van der Waals surface area contributed by atoms with Gasteiger partial charge in [-0.3, -0.25) is 4.57 Å². The molecule has 0 bridgehead atoms. The third-order valence-corrected chi connectivity index (χ3v) is 2.76. The largest absolute Gasteiger partial charge is 0.338 e. The highest BCUT2D eigenvalue weighted by Gasteiger charge is 2.22. The third-order valence-electron chi connectivity index (χ3n) is 1.08. The maximum absolute atomic E-state index is 11.6. The van der Waals surface area contributed by atoms with E-state index in [0.29, 0.717) is 6.29 Å². The van der Waals surface area contributed by atoms with E-state index in [1.165, 1.54) is 12.2 Å². The highest BCUT2D eigenvalue weighted by molar-refractivity contribution is 7.54. The lowest BCUT2D eigenvalue weighted by molar-refractivity contribution is -0.106. The highest BCUT2D eigenvalue weighted by atomic mass is 31.2. The SMILES string of the molecule is C=CCOP(=O)(CC=O)OCC=C. The smallest absolute Gasteiger partial charge is 0.304 e. The number of hydrogen-bond donors (Lipinski definition) is 0. The Labute approximate surface area is 77.8 Å². The molecule has 0 fully saturated rings. The van der Waals surface area contributed by atoms with Crippen LogP contribution in [0.3, 0.4) is 0 Å². The fourth-order valence-corrected chi connectivity index (χ4v) is 1.70. The molecule has 0 aromatic heterocycles. The van der Waals surface area contributed by atoms with Crippen LogP contribution in [0.15, 0.2) is 25.3 Å². The van der Waals surface area contributed by atoms with Crippen molar-refractivity contribution in [3.63, 3.8) is 0 Å². The molecule has 0 aliphatic rings. The van der Waals surface area contributed by atoms with Crippen LogP contribution in [0.1, 0.15) is 0 Å². The topological polar surface area (TPSA) is 52.6 Å². The number of carbonyl (C=O) groups excluding carboxylic acids is 1. The van der Waals surface area contributed by atoms with Gasteiger partial charge in [-0.05, 0) is 0 Å². The van der Waals surface area contributed by atoms with Crippen LogP contribution in [0.25, 0.3) is 0 Å². The van der Waals surface area contributed by atoms with Gasteiger partial charge in [0.1, 0.15) is 12.4 Å². The molecule has 0 rings (SSSR count). The van der Waals surface area contributed by atoms with E-state index in [1.54, 1.807) is 0 Å². The molecular weight excluding hydrogens is 191 g/mol. The first-order valence-corrected chi connectivity index (χ1v) is 5.45. The molecule has 0 aliphatic carbocycles. The van der Waals surface area contributed by atoms with E-state index in [9.17, 15) is 9.36 Å². The standard InChI is InChI=1S/C8H13O4P/c1-3-6-11-13(10,8-5-9)12-7-4-2/h3-5H,1-2,6-8H2. The molecule has 0 spiro atoms. The van der Waals surface area contributed by atoms with Crippen LogP contribution in [-0.4, -0.2) is 25.7 Å². The van der Waals surface area contributed by atoms with Crippen molar-refractivity contribution < 1.29 is 18.4 Å². The fraction of sp³-hybridized carbons (Fsp3) is 0.375. The molecule has 74 valence electrons. The molecule has 5 heteroatoms. The Hall–Kier alpha value is -0.700. The van der Waals surface area contributed by atoms with E-state index in [1.807, 2.05) is 0 Å². The van der Waals surface area contributed by atoms with Gasteiger partial charge in [0.15, 0.2) is 0 Å². The summed E-state index contributed by atoms with van der Waals surface area (Å²) in [5.41, 5.74) is 0. The normalized spacial score (nSPS) is 10.8. The Morgan fingerprint density at radius 3 is 1.92 bits per heavy atom. The molecule has 0 heterocycles. The van der Waals surface area contributed by atoms with Crippen molar-refractivity contribution in [2.24, 2.45) is 0 Å². The molecule has 0 saturated carbocycles. The molecule has 0 amide bonds. The van der Waals surface area contributed by atoms with E-state index >= 15 is 0 Å². The fourth-order valence-electron chi connectivity index (χ4n) is 0.566. The molecule has 0 radical (unpaired) electrons. The minimum Gasteiger partial charge on any atom is -0.304 e. The minimum atomic E-state index is -3.26. The third kappa shape index (κ3) is 5.53. The summed E-state index contributed by atoms with van der Waals surface area (Å²) in [6.45, 7) is 6.99. The summed E-state index contributed by atoms with van der Waals surface area (Å²) < 4.78 is 21.3. The second-order valence-corrected chi connectivity index (χ2v) is 4.23. The van der Waals surface area contributed by atoms with Gasteiger partial charge in [-0.15, -0.1) is 13.2 Å². The first-order valence-electron chi connectivity index (χ1n) is 3.72. The lowest BCUT2D eigenvalue weighted by Gasteiger charge is -2.13. The number of carbonyl (C=O) groups is 1. The predicted octanol–water partition coefficient (Wildman–Crippen LogP) is 1.78. The van der Waals surface area contributed by atoms with Gasteiger partial charge in [-0.2, -0.15) is 0 Å². The van der Waals surface area contributed by atoms with Crippen LogP contribution in [0.4, 0.5) is 0 Å². The zero-order valence-electron chi connectivity index (χ0n) is 7.35. The molecule has 0 saturated heterocycles. The summed E-state index contributed by atoms with van der Waals surface area (Å²) in [5.74, 6) is 0. The molecule has 0 aliphatic heterocycles. The molecule has 0 N–H and O–H groups in total. The van der Waals surface area contributed by atoms with Crippen molar-refractivity contribution in [2.75, 3.05) is 19.4 Å². The summed E-state index contributed by atoms with van der Waals surface area (Å²) in [7, 11) is -3.26. The van der Waals surface area contributed by atoms with Crippen molar-refractivity contribution in [3.05, 3.63) is 25.3 Å². The summed E-state index contributed by atoms with van der Waals surface area (Å²) in [6, 6.07) is 0. The summed E-state index contributed by atoms with van der Waals surface area (Å²) >= 11 is 0. The van der Waals surface area contributed by atoms with Crippen LogP contribution >= 0.6 is 7.60 Å². The minimum absolute atomic E-state index is 0.0995. The van der Waals surface area contributed by atoms with E-state index in [-0.39, 0.29) is 19.4 Å². The van der Waals surface area contributed by atoms with Crippen LogP contribution in [-0.2, 0) is 18.4 Å². The summed E-state index contributed by atoms with van der Waals surface area (Å²) in [4.78, 5) is 10.2. The first-order chi connectivity index (χ1) is 6.18. The van der Waals surface area contributed by atoms with Crippen molar-refractivity contribution in [1.29, 1.82) is 0 Å². The second-order valence-electron chi connectivity index (χ2n) is 2.13. The maximum atomic E-state index is 11.6. The molecule has 13 heavy (non-hydrogen) atoms. The lowest BCUT2D eigenvalue weighted by atomic mass is 10.7. The molecular formula is C8H13O4P. The Kier molecular flexibility index (Phi) is 6.41. The van der Waals surface area contributed by atoms with Crippen LogP contribution in [0.2, 0.25) is 0 Å². The number of hydrogen-bond acceptors (Lipinski definition) is 4. The van der Waals surface area contributed by atoms with Gasteiger partial charge in [0.25, 0.3) is 0 Å². The van der Waals surface area contributed by atoms with E-state index in [4.69, 9.17) is 9.05 Å². The second kappa shape index (κ2) is 6.78. The summed E-state index contributed by atoms with van der Waals surface area (Å²) in [5, 5.41) is 0. The van der Waals surface area contributed by atoms with Gasteiger partial charge in [-0.25, -0.2) is 0 Å². The zero-order valence-corrected chi connectivity index (χ0v) is 8.24. The van der Waals surface area contributed by atoms with Gasteiger partial charge < -0.3 is 13.8 Å². The van der Waals surface area contributed by atoms with E-state index in [2.05, 4.69) is 13.2 Å². The van der Waals surface area contributed by atoms with Crippen LogP contribution in [0.5, 0.6) is 0 Å². The Balaban J connectivity index is 4.14. The Morgan fingerprint density at radius 2 is 1.62 bits per heavy atom. The number of rotatable bonds is 8. The summed E-state index contributed by atoms with van der Waals surface area (Å²) in [6.07, 6.45) is 3.14. The van der Waals surface area contributed by atoms with Crippen LogP contribution < -0.4 is 0 Å². The van der Waals surface area contributed by atoms with Gasteiger partial charge in [-0.1, -0.05) is 12.2 Å². The predicted molar refractivity (Wildman–Crippen MR) is 50.8 cm³/mol. The monoisotopic (exact) mass is 204 g/mol. The van der Waals surface area contributed by atoms with Gasteiger partial charge in [0, 0.05) is 0 Å². The van der Waals surface area contributed by atoms with Gasteiger partial charge in [0.05, 0.1) is 13.2 Å². The van der Waals surface area contributed by atoms with Crippen molar-refractivity contribution in [3.8, 4) is 0 Å². The van der Waals surface area contributed by atoms with Crippen LogP contribution in [0, 0.1) is 0 Å². The molecule has 0 aromatic rings. The zero-order chi connectivity index (χ0) is 10.2. The first kappa shape index (κ1) is 12.3. The maximum Gasteiger partial charge on any atom is 0.338 e. The average Bonchev–Trinajstić information content (AvgIpc) is 2.12. The lowest BCUT2D eigenvalue weighted by Crippen LogP contribution is -2.01. The van der Waals surface area contributed by atoms with E-state index in [0.717, 1.165) is 0 Å². The Morgan fingerprint density at radius 1 is 1.15 bits per heavy atom. The van der Waals surface area contributed by atoms with Crippen molar-refractivity contribution in [2.45, 2.75) is 0 Å². The van der Waals surface area contributed by atoms with Gasteiger partial charge in [0.2, 0.25) is 0 Å².